The molecular weight excluding hydrogens is 344 g/mol. The second-order valence-corrected chi connectivity index (χ2v) is 7.06. The van der Waals surface area contributed by atoms with Crippen molar-refractivity contribution in [2.24, 2.45) is 5.92 Å². The number of hydrogen-bond acceptors (Lipinski definition) is 5. The van der Waals surface area contributed by atoms with E-state index in [0.29, 0.717) is 30.2 Å². The Morgan fingerprint density at radius 2 is 1.96 bits per heavy atom. The molecule has 2 aromatic heterocycles. The van der Waals surface area contributed by atoms with Crippen molar-refractivity contribution >= 4 is 11.6 Å². The summed E-state index contributed by atoms with van der Waals surface area (Å²) >= 11 is 0. The molecule has 0 spiro atoms. The quantitative estimate of drug-likeness (QED) is 0.768. The Labute approximate surface area is 157 Å². The van der Waals surface area contributed by atoms with Crippen molar-refractivity contribution in [2.45, 2.75) is 26.8 Å². The summed E-state index contributed by atoms with van der Waals surface area (Å²) in [6, 6.07) is 5.63. The number of hydrogen-bond donors (Lipinski definition) is 1. The number of rotatable bonds is 4. The van der Waals surface area contributed by atoms with Gasteiger partial charge in [0.15, 0.2) is 17.1 Å². The highest BCUT2D eigenvalue weighted by Crippen LogP contribution is 2.34. The smallest absolute Gasteiger partial charge is 0.257 e. The van der Waals surface area contributed by atoms with Gasteiger partial charge in [-0.25, -0.2) is 9.50 Å². The van der Waals surface area contributed by atoms with Gasteiger partial charge in [-0.3, -0.25) is 4.79 Å². The molecule has 0 bridgehead atoms. The third-order valence-electron chi connectivity index (χ3n) is 4.61. The highest BCUT2D eigenvalue weighted by atomic mass is 16.6. The second-order valence-electron chi connectivity index (χ2n) is 7.06. The van der Waals surface area contributed by atoms with Gasteiger partial charge in [-0.15, -0.1) is 0 Å². The number of amides is 1. The SMILES string of the molecule is Cc1cnc2c(C(=O)NC(c3ccc4c(c3)OCCO4)C(C)C)cnn2c1. The summed E-state index contributed by atoms with van der Waals surface area (Å²) in [6.45, 7) is 7.16. The summed E-state index contributed by atoms with van der Waals surface area (Å²) in [5, 5.41) is 7.36. The van der Waals surface area contributed by atoms with E-state index < -0.39 is 0 Å². The van der Waals surface area contributed by atoms with Crippen molar-refractivity contribution in [1.82, 2.24) is 19.9 Å². The van der Waals surface area contributed by atoms with Crippen LogP contribution in [0.2, 0.25) is 0 Å². The van der Waals surface area contributed by atoms with E-state index in [1.54, 1.807) is 16.9 Å². The van der Waals surface area contributed by atoms with Crippen LogP contribution in [0.15, 0.2) is 36.8 Å². The van der Waals surface area contributed by atoms with Crippen LogP contribution in [0.3, 0.4) is 0 Å². The van der Waals surface area contributed by atoms with Crippen LogP contribution in [0.4, 0.5) is 0 Å². The Morgan fingerprint density at radius 3 is 2.74 bits per heavy atom. The van der Waals surface area contributed by atoms with E-state index >= 15 is 0 Å². The summed E-state index contributed by atoms with van der Waals surface area (Å²) in [4.78, 5) is 17.3. The number of ether oxygens (including phenoxy) is 2. The first kappa shape index (κ1) is 17.3. The van der Waals surface area contributed by atoms with Crippen molar-refractivity contribution < 1.29 is 14.3 Å². The lowest BCUT2D eigenvalue weighted by atomic mass is 9.95. The van der Waals surface area contributed by atoms with Crippen molar-refractivity contribution in [3.63, 3.8) is 0 Å². The predicted molar refractivity (Wildman–Crippen MR) is 100 cm³/mol. The third-order valence-corrected chi connectivity index (χ3v) is 4.61. The standard InChI is InChI=1S/C20H22N4O3/c1-12(2)18(14-4-5-16-17(8-14)27-7-6-26-16)23-20(25)15-10-22-24-11-13(3)9-21-19(15)24/h4-5,8-12,18H,6-7H2,1-3H3,(H,23,25). The lowest BCUT2D eigenvalue weighted by molar-refractivity contribution is 0.0926. The minimum atomic E-state index is -0.199. The van der Waals surface area contributed by atoms with Gasteiger partial charge in [0.05, 0.1) is 12.2 Å². The van der Waals surface area contributed by atoms with E-state index in [4.69, 9.17) is 9.47 Å². The van der Waals surface area contributed by atoms with E-state index in [2.05, 4.69) is 29.2 Å². The van der Waals surface area contributed by atoms with Gasteiger partial charge in [0, 0.05) is 12.4 Å². The maximum Gasteiger partial charge on any atom is 0.257 e. The molecule has 7 nitrogen and oxygen atoms in total. The fourth-order valence-electron chi connectivity index (χ4n) is 3.24. The van der Waals surface area contributed by atoms with Crippen molar-refractivity contribution in [3.8, 4) is 11.5 Å². The average molecular weight is 366 g/mol. The summed E-state index contributed by atoms with van der Waals surface area (Å²) in [7, 11) is 0. The molecule has 1 aliphatic heterocycles. The van der Waals surface area contributed by atoms with Gasteiger partial charge in [0.1, 0.15) is 18.8 Å². The van der Waals surface area contributed by atoms with E-state index in [9.17, 15) is 4.79 Å². The topological polar surface area (TPSA) is 77.8 Å². The van der Waals surface area contributed by atoms with E-state index in [1.165, 1.54) is 0 Å². The number of carbonyl (C=O) groups is 1. The fraction of sp³-hybridized carbons (Fsp3) is 0.350. The second kappa shape index (κ2) is 6.90. The molecule has 0 fully saturated rings. The first-order chi connectivity index (χ1) is 13.0. The molecule has 140 valence electrons. The summed E-state index contributed by atoms with van der Waals surface area (Å²) in [5.41, 5.74) is 2.96. The summed E-state index contributed by atoms with van der Waals surface area (Å²) in [5.74, 6) is 1.44. The minimum absolute atomic E-state index is 0.172. The highest BCUT2D eigenvalue weighted by Gasteiger charge is 2.23. The molecule has 1 aliphatic rings. The Hall–Kier alpha value is -3.09. The molecule has 3 heterocycles. The molecule has 1 aromatic carbocycles. The number of aromatic nitrogens is 3. The van der Waals surface area contributed by atoms with Crippen LogP contribution < -0.4 is 14.8 Å². The van der Waals surface area contributed by atoms with Crippen LogP contribution in [0, 0.1) is 12.8 Å². The first-order valence-corrected chi connectivity index (χ1v) is 9.03. The van der Waals surface area contributed by atoms with Crippen molar-refractivity contribution in [3.05, 3.63) is 53.5 Å². The van der Waals surface area contributed by atoms with Crippen LogP contribution in [-0.2, 0) is 0 Å². The van der Waals surface area contributed by atoms with E-state index in [-0.39, 0.29) is 17.9 Å². The first-order valence-electron chi connectivity index (χ1n) is 9.03. The molecule has 1 amide bonds. The Kier molecular flexibility index (Phi) is 4.43. The molecule has 1 N–H and O–H groups in total. The lowest BCUT2D eigenvalue weighted by Crippen LogP contribution is -2.32. The van der Waals surface area contributed by atoms with Crippen LogP contribution in [0.5, 0.6) is 11.5 Å². The molecule has 0 saturated carbocycles. The number of benzene rings is 1. The summed E-state index contributed by atoms with van der Waals surface area (Å²) in [6.07, 6.45) is 5.13. The third kappa shape index (κ3) is 3.32. The minimum Gasteiger partial charge on any atom is -0.486 e. The number of fused-ring (bicyclic) bond motifs is 2. The zero-order valence-electron chi connectivity index (χ0n) is 15.6. The summed E-state index contributed by atoms with van der Waals surface area (Å²) < 4.78 is 12.9. The molecule has 1 atom stereocenters. The molecule has 0 saturated heterocycles. The number of carbonyl (C=O) groups excluding carboxylic acids is 1. The van der Waals surface area contributed by atoms with Gasteiger partial charge < -0.3 is 14.8 Å². The molecule has 0 aliphatic carbocycles. The predicted octanol–water partition coefficient (Wildman–Crippen LogP) is 2.94. The fourth-order valence-corrected chi connectivity index (χ4v) is 3.24. The molecular formula is C20H22N4O3. The molecule has 1 unspecified atom stereocenters. The number of nitrogens with one attached hydrogen (secondary N) is 1. The Balaban J connectivity index is 1.62. The van der Waals surface area contributed by atoms with Gasteiger partial charge in [0.2, 0.25) is 0 Å². The zero-order valence-corrected chi connectivity index (χ0v) is 15.6. The van der Waals surface area contributed by atoms with Crippen LogP contribution >= 0.6 is 0 Å². The molecule has 27 heavy (non-hydrogen) atoms. The van der Waals surface area contributed by atoms with E-state index in [0.717, 1.165) is 16.9 Å². The monoisotopic (exact) mass is 366 g/mol. The van der Waals surface area contributed by atoms with Crippen LogP contribution in [0.1, 0.15) is 41.4 Å². The lowest BCUT2D eigenvalue weighted by Gasteiger charge is -2.25. The van der Waals surface area contributed by atoms with Gasteiger partial charge in [-0.05, 0) is 36.1 Å². The van der Waals surface area contributed by atoms with Crippen LogP contribution in [0.25, 0.3) is 5.65 Å². The maximum absolute atomic E-state index is 12.9. The van der Waals surface area contributed by atoms with Crippen molar-refractivity contribution in [2.75, 3.05) is 13.2 Å². The largest absolute Gasteiger partial charge is 0.486 e. The average Bonchev–Trinajstić information content (AvgIpc) is 3.08. The molecule has 0 radical (unpaired) electrons. The van der Waals surface area contributed by atoms with E-state index in [1.807, 2.05) is 31.3 Å². The van der Waals surface area contributed by atoms with Gasteiger partial charge in [-0.2, -0.15) is 5.10 Å². The highest BCUT2D eigenvalue weighted by molar-refractivity contribution is 5.99. The maximum atomic E-state index is 12.9. The molecule has 7 heteroatoms. The van der Waals surface area contributed by atoms with Crippen molar-refractivity contribution in [1.29, 1.82) is 0 Å². The molecule has 3 aromatic rings. The van der Waals surface area contributed by atoms with Gasteiger partial charge >= 0.3 is 0 Å². The number of nitrogens with zero attached hydrogens (tertiary/aromatic N) is 3. The van der Waals surface area contributed by atoms with Gasteiger partial charge in [-0.1, -0.05) is 19.9 Å². The van der Waals surface area contributed by atoms with Crippen LogP contribution in [-0.4, -0.2) is 33.7 Å². The number of aryl methyl sites for hydroxylation is 1. The Bertz CT molecular complexity index is 996. The Morgan fingerprint density at radius 1 is 1.19 bits per heavy atom. The van der Waals surface area contributed by atoms with Gasteiger partial charge in [0.25, 0.3) is 5.91 Å². The molecule has 4 rings (SSSR count). The zero-order chi connectivity index (χ0) is 19.0. The normalized spacial score (nSPS) is 14.4.